The average molecular weight is 298 g/mol. The van der Waals surface area contributed by atoms with E-state index in [9.17, 15) is 5.26 Å². The minimum atomic E-state index is 0.215. The zero-order chi connectivity index (χ0) is 14.8. The maximum atomic E-state index is 9.27. The summed E-state index contributed by atoms with van der Waals surface area (Å²) in [6.45, 7) is 1.85. The van der Waals surface area contributed by atoms with E-state index in [1.54, 1.807) is 7.11 Å². The number of hydrogen-bond donors (Lipinski definition) is 0. The van der Waals surface area contributed by atoms with Crippen LogP contribution in [0.25, 0.3) is 16.4 Å². The van der Waals surface area contributed by atoms with Gasteiger partial charge in [0.05, 0.1) is 7.11 Å². The van der Waals surface area contributed by atoms with Crippen LogP contribution in [-0.4, -0.2) is 32.3 Å². The Bertz CT molecular complexity index is 831. The van der Waals surface area contributed by atoms with Crippen molar-refractivity contribution in [3.05, 3.63) is 35.0 Å². The van der Waals surface area contributed by atoms with Gasteiger partial charge in [0.15, 0.2) is 5.69 Å². The van der Waals surface area contributed by atoms with Crippen molar-refractivity contribution >= 4 is 11.3 Å². The first-order chi connectivity index (χ1) is 10.2. The average Bonchev–Trinajstić information content (AvgIpc) is 3.12. The van der Waals surface area contributed by atoms with Crippen LogP contribution in [0, 0.1) is 18.3 Å². The monoisotopic (exact) mass is 298 g/mol. The van der Waals surface area contributed by atoms with Crippen molar-refractivity contribution in [1.29, 1.82) is 5.26 Å². The fourth-order valence-electron chi connectivity index (χ4n) is 1.94. The van der Waals surface area contributed by atoms with Gasteiger partial charge in [-0.1, -0.05) is 28.7 Å². The third-order valence-electron chi connectivity index (χ3n) is 2.83. The molecule has 0 radical (unpaired) electrons. The van der Waals surface area contributed by atoms with Crippen LogP contribution in [0.2, 0.25) is 0 Å². The molecule has 104 valence electrons. The molecule has 0 N–H and O–H groups in total. The molecule has 1 aromatic carbocycles. The van der Waals surface area contributed by atoms with Crippen molar-refractivity contribution in [2.45, 2.75) is 6.92 Å². The second kappa shape index (κ2) is 5.30. The molecule has 0 unspecified atom stereocenters. The Labute approximate surface area is 124 Å². The Morgan fingerprint density at radius 3 is 2.71 bits per heavy atom. The largest absolute Gasteiger partial charge is 0.496 e. The molecular formula is C13H10N6OS. The summed E-state index contributed by atoms with van der Waals surface area (Å²) in [6, 6.07) is 9.44. The summed E-state index contributed by atoms with van der Waals surface area (Å²) in [5.74, 6) is 0.638. The number of aryl methyl sites for hydroxylation is 1. The fourth-order valence-corrected chi connectivity index (χ4v) is 2.59. The molecule has 0 atom stereocenters. The molecule has 0 aliphatic carbocycles. The van der Waals surface area contributed by atoms with E-state index in [-0.39, 0.29) is 5.69 Å². The lowest BCUT2D eigenvalue weighted by atomic mass is 10.1. The zero-order valence-electron chi connectivity index (χ0n) is 11.3. The molecule has 3 rings (SSSR count). The molecular weight excluding hydrogens is 288 g/mol. The topological polar surface area (TPSA) is 89.5 Å². The highest BCUT2D eigenvalue weighted by Crippen LogP contribution is 2.32. The number of aromatic nitrogens is 5. The van der Waals surface area contributed by atoms with Crippen molar-refractivity contribution in [3.63, 3.8) is 0 Å². The Morgan fingerprint density at radius 2 is 2.05 bits per heavy atom. The minimum Gasteiger partial charge on any atom is -0.496 e. The van der Waals surface area contributed by atoms with Gasteiger partial charge in [-0.25, -0.2) is 0 Å². The molecule has 2 heterocycles. The summed E-state index contributed by atoms with van der Waals surface area (Å²) in [4.78, 5) is 0. The molecule has 21 heavy (non-hydrogen) atoms. The van der Waals surface area contributed by atoms with Crippen molar-refractivity contribution < 1.29 is 4.74 Å². The van der Waals surface area contributed by atoms with Crippen LogP contribution in [0.15, 0.2) is 24.3 Å². The highest BCUT2D eigenvalue weighted by Gasteiger charge is 2.21. The van der Waals surface area contributed by atoms with Gasteiger partial charge < -0.3 is 4.74 Å². The Balaban J connectivity index is 2.26. The smallest absolute Gasteiger partial charge is 0.234 e. The maximum absolute atomic E-state index is 9.27. The van der Waals surface area contributed by atoms with Gasteiger partial charge in [0.1, 0.15) is 22.5 Å². The van der Waals surface area contributed by atoms with E-state index in [1.165, 1.54) is 16.0 Å². The standard InChI is InChI=1S/C13H10N6OS/c1-8-15-17-13(21-8)19-12(10(7-14)16-18-19)9-5-3-4-6-11(9)20-2/h3-6H,1-2H3. The van der Waals surface area contributed by atoms with Crippen LogP contribution in [-0.2, 0) is 0 Å². The van der Waals surface area contributed by atoms with Gasteiger partial charge in [-0.2, -0.15) is 9.94 Å². The molecule has 0 bridgehead atoms. The van der Waals surface area contributed by atoms with Gasteiger partial charge in [-0.3, -0.25) is 0 Å². The molecule has 7 nitrogen and oxygen atoms in total. The van der Waals surface area contributed by atoms with Gasteiger partial charge >= 0.3 is 0 Å². The van der Waals surface area contributed by atoms with Crippen LogP contribution < -0.4 is 4.74 Å². The highest BCUT2D eigenvalue weighted by molar-refractivity contribution is 7.13. The minimum absolute atomic E-state index is 0.215. The highest BCUT2D eigenvalue weighted by atomic mass is 32.1. The molecule has 2 aromatic heterocycles. The predicted molar refractivity (Wildman–Crippen MR) is 76.3 cm³/mol. The van der Waals surface area contributed by atoms with E-state index in [2.05, 4.69) is 20.5 Å². The van der Waals surface area contributed by atoms with Gasteiger partial charge in [-0.05, 0) is 19.1 Å². The summed E-state index contributed by atoms with van der Waals surface area (Å²) in [5, 5.41) is 26.6. The molecule has 0 aliphatic heterocycles. The lowest BCUT2D eigenvalue weighted by molar-refractivity contribution is 0.416. The van der Waals surface area contributed by atoms with Crippen LogP contribution in [0.1, 0.15) is 10.7 Å². The van der Waals surface area contributed by atoms with E-state index in [0.29, 0.717) is 16.6 Å². The lowest BCUT2D eigenvalue weighted by Crippen LogP contribution is -2.00. The van der Waals surface area contributed by atoms with E-state index in [0.717, 1.165) is 10.6 Å². The first-order valence-corrected chi connectivity index (χ1v) is 6.86. The molecule has 0 fully saturated rings. The molecule has 8 heteroatoms. The predicted octanol–water partition coefficient (Wildman–Crippen LogP) is 1.97. The van der Waals surface area contributed by atoms with Crippen LogP contribution in [0.5, 0.6) is 5.75 Å². The Morgan fingerprint density at radius 1 is 1.24 bits per heavy atom. The maximum Gasteiger partial charge on any atom is 0.234 e. The summed E-state index contributed by atoms with van der Waals surface area (Å²) in [5.41, 5.74) is 1.49. The number of rotatable bonds is 3. The summed E-state index contributed by atoms with van der Waals surface area (Å²) in [6.07, 6.45) is 0. The number of ether oxygens (including phenoxy) is 1. The summed E-state index contributed by atoms with van der Waals surface area (Å²) < 4.78 is 6.87. The van der Waals surface area contributed by atoms with E-state index >= 15 is 0 Å². The zero-order valence-corrected chi connectivity index (χ0v) is 12.1. The van der Waals surface area contributed by atoms with E-state index in [1.807, 2.05) is 37.3 Å². The van der Waals surface area contributed by atoms with Gasteiger partial charge in [-0.15, -0.1) is 15.3 Å². The lowest BCUT2D eigenvalue weighted by Gasteiger charge is -2.08. The summed E-state index contributed by atoms with van der Waals surface area (Å²) >= 11 is 1.37. The van der Waals surface area contributed by atoms with Crippen molar-refractivity contribution in [3.8, 4) is 28.2 Å². The Hall–Kier alpha value is -2.79. The van der Waals surface area contributed by atoms with Crippen LogP contribution >= 0.6 is 11.3 Å². The molecule has 0 saturated heterocycles. The molecule has 0 saturated carbocycles. The number of methoxy groups -OCH3 is 1. The number of benzene rings is 1. The quantitative estimate of drug-likeness (QED) is 0.734. The van der Waals surface area contributed by atoms with Crippen molar-refractivity contribution in [2.24, 2.45) is 0 Å². The molecule has 3 aromatic rings. The van der Waals surface area contributed by atoms with Crippen LogP contribution in [0.4, 0.5) is 0 Å². The second-order valence-corrected chi connectivity index (χ2v) is 5.27. The summed E-state index contributed by atoms with van der Waals surface area (Å²) in [7, 11) is 1.58. The van der Waals surface area contributed by atoms with Crippen LogP contribution in [0.3, 0.4) is 0 Å². The first kappa shape index (κ1) is 13.2. The van der Waals surface area contributed by atoms with Gasteiger partial charge in [0, 0.05) is 5.56 Å². The molecule has 0 amide bonds. The normalized spacial score (nSPS) is 10.3. The molecule has 0 spiro atoms. The number of para-hydroxylation sites is 1. The third-order valence-corrected chi connectivity index (χ3v) is 3.65. The number of nitrogens with zero attached hydrogens (tertiary/aromatic N) is 6. The SMILES string of the molecule is COc1ccccc1-c1c(C#N)nnn1-c1nnc(C)s1. The van der Waals surface area contributed by atoms with Crippen molar-refractivity contribution in [2.75, 3.05) is 7.11 Å². The second-order valence-electron chi connectivity index (χ2n) is 4.11. The third kappa shape index (κ3) is 2.23. The van der Waals surface area contributed by atoms with E-state index < -0.39 is 0 Å². The Kier molecular flexibility index (Phi) is 3.33. The fraction of sp³-hybridized carbons (Fsp3) is 0.154. The van der Waals surface area contributed by atoms with E-state index in [4.69, 9.17) is 4.74 Å². The van der Waals surface area contributed by atoms with Gasteiger partial charge in [0.25, 0.3) is 0 Å². The number of nitriles is 1. The first-order valence-electron chi connectivity index (χ1n) is 6.04. The number of hydrogen-bond acceptors (Lipinski definition) is 7. The van der Waals surface area contributed by atoms with Gasteiger partial charge in [0.2, 0.25) is 5.13 Å². The molecule has 0 aliphatic rings. The van der Waals surface area contributed by atoms with Crippen molar-refractivity contribution in [1.82, 2.24) is 25.2 Å².